The molecular formula is C68H45N. The van der Waals surface area contributed by atoms with E-state index in [0.29, 0.717) is 0 Å². The van der Waals surface area contributed by atoms with E-state index in [-0.39, 0.29) is 5.92 Å². The number of aromatic nitrogens is 1. The highest BCUT2D eigenvalue weighted by molar-refractivity contribution is 6.13. The van der Waals surface area contributed by atoms with Gasteiger partial charge in [0.1, 0.15) is 0 Å². The van der Waals surface area contributed by atoms with E-state index in [4.69, 9.17) is 0 Å². The van der Waals surface area contributed by atoms with Gasteiger partial charge >= 0.3 is 0 Å². The Kier molecular flexibility index (Phi) is 8.94. The highest BCUT2D eigenvalue weighted by Crippen LogP contribution is 2.61. The van der Waals surface area contributed by atoms with Crippen molar-refractivity contribution in [1.82, 2.24) is 4.57 Å². The van der Waals surface area contributed by atoms with E-state index < -0.39 is 5.41 Å². The maximum absolute atomic E-state index is 2.54. The molecular weight excluding hydrogens is 831 g/mol. The van der Waals surface area contributed by atoms with Gasteiger partial charge in [0.05, 0.1) is 22.1 Å². The van der Waals surface area contributed by atoms with Gasteiger partial charge in [0.2, 0.25) is 0 Å². The van der Waals surface area contributed by atoms with Gasteiger partial charge in [0.15, 0.2) is 0 Å². The summed E-state index contributed by atoms with van der Waals surface area (Å²) in [5.74, 6) is -0.0470. The van der Waals surface area contributed by atoms with Gasteiger partial charge in [-0.1, -0.05) is 243 Å². The molecule has 0 radical (unpaired) electrons. The summed E-state index contributed by atoms with van der Waals surface area (Å²) in [6.07, 6.45) is 0. The second-order valence-corrected chi connectivity index (χ2v) is 18.7. The number of hydrogen-bond acceptors (Lipinski definition) is 0. The molecule has 0 fully saturated rings. The Balaban J connectivity index is 0.940. The quantitative estimate of drug-likeness (QED) is 0.141. The number of nitrogens with zero attached hydrogens (tertiary/aromatic N) is 1. The van der Waals surface area contributed by atoms with Crippen LogP contribution in [0, 0.1) is 0 Å². The van der Waals surface area contributed by atoms with Crippen molar-refractivity contribution in [3.8, 4) is 61.3 Å². The molecule has 1 atom stereocenters. The van der Waals surface area contributed by atoms with Crippen molar-refractivity contribution >= 4 is 21.8 Å². The Morgan fingerprint density at radius 1 is 0.290 bits per heavy atom. The summed E-state index contributed by atoms with van der Waals surface area (Å²) in [7, 11) is 0. The predicted octanol–water partition coefficient (Wildman–Crippen LogP) is 17.3. The largest absolute Gasteiger partial charge is 0.309 e. The summed E-state index contributed by atoms with van der Waals surface area (Å²) < 4.78 is 2.54. The molecule has 2 heterocycles. The fourth-order valence-electron chi connectivity index (χ4n) is 12.3. The van der Waals surface area contributed by atoms with Crippen LogP contribution in [0.15, 0.2) is 267 Å². The van der Waals surface area contributed by atoms with Crippen LogP contribution in [0.5, 0.6) is 0 Å². The molecule has 11 aromatic carbocycles. The SMILES string of the molecule is c1ccc(-c2ccc(C(c3ccc(-c4ccc5c(c4)c4cccc6c4n5-c4ccccc4C64c5ccccc5-c5ccccc54)cc3)c3ccccc3-c3ccccc3)c(-c3ccccc3)c2)cc1. The third-order valence-electron chi connectivity index (χ3n) is 15.2. The van der Waals surface area contributed by atoms with Crippen molar-refractivity contribution in [2.75, 3.05) is 0 Å². The summed E-state index contributed by atoms with van der Waals surface area (Å²) in [5, 5.41) is 2.54. The normalized spacial score (nSPS) is 13.3. The van der Waals surface area contributed by atoms with E-state index in [0.717, 1.165) is 0 Å². The zero-order chi connectivity index (χ0) is 45.5. The predicted molar refractivity (Wildman–Crippen MR) is 287 cm³/mol. The summed E-state index contributed by atoms with van der Waals surface area (Å²) in [6.45, 7) is 0. The van der Waals surface area contributed by atoms with Crippen LogP contribution in [0.4, 0.5) is 0 Å². The van der Waals surface area contributed by atoms with E-state index in [1.165, 1.54) is 122 Å². The van der Waals surface area contributed by atoms with Crippen LogP contribution >= 0.6 is 0 Å². The molecule has 322 valence electrons. The summed E-state index contributed by atoms with van der Waals surface area (Å²) >= 11 is 0. The molecule has 1 aliphatic heterocycles. The lowest BCUT2D eigenvalue weighted by Gasteiger charge is -2.39. The van der Waals surface area contributed by atoms with Crippen LogP contribution in [-0.2, 0) is 5.41 Å². The first kappa shape index (κ1) is 39.4. The Bertz CT molecular complexity index is 3890. The molecule has 1 heteroatoms. The Hall–Kier alpha value is -8.78. The number of rotatable bonds is 7. The third-order valence-corrected chi connectivity index (χ3v) is 15.2. The van der Waals surface area contributed by atoms with Crippen molar-refractivity contribution in [2.24, 2.45) is 0 Å². The minimum absolute atomic E-state index is 0.0470. The Labute approximate surface area is 402 Å². The highest BCUT2D eigenvalue weighted by Gasteiger charge is 2.50. The van der Waals surface area contributed by atoms with Crippen molar-refractivity contribution in [2.45, 2.75) is 11.3 Å². The fraction of sp³-hybridized carbons (Fsp3) is 0.0294. The molecule has 1 spiro atoms. The first-order chi connectivity index (χ1) is 34.3. The fourth-order valence-corrected chi connectivity index (χ4v) is 12.3. The van der Waals surface area contributed by atoms with Crippen LogP contribution in [0.1, 0.15) is 44.9 Å². The molecule has 2 aliphatic rings. The topological polar surface area (TPSA) is 4.93 Å². The van der Waals surface area contributed by atoms with Gasteiger partial charge in [-0.05, 0) is 119 Å². The minimum atomic E-state index is -0.426. The molecule has 1 unspecified atom stereocenters. The molecule has 1 aliphatic carbocycles. The van der Waals surface area contributed by atoms with Crippen LogP contribution in [0.3, 0.4) is 0 Å². The van der Waals surface area contributed by atoms with Crippen LogP contribution in [0.25, 0.3) is 83.1 Å². The van der Waals surface area contributed by atoms with Gasteiger partial charge in [-0.3, -0.25) is 0 Å². The number of benzene rings is 11. The molecule has 69 heavy (non-hydrogen) atoms. The van der Waals surface area contributed by atoms with Crippen molar-refractivity contribution in [1.29, 1.82) is 0 Å². The molecule has 1 aromatic heterocycles. The van der Waals surface area contributed by atoms with Crippen molar-refractivity contribution in [3.63, 3.8) is 0 Å². The molecule has 0 amide bonds. The summed E-state index contributed by atoms with van der Waals surface area (Å²) in [4.78, 5) is 0. The maximum Gasteiger partial charge on any atom is 0.0754 e. The van der Waals surface area contributed by atoms with Gasteiger partial charge in [0, 0.05) is 16.7 Å². The first-order valence-electron chi connectivity index (χ1n) is 24.1. The highest BCUT2D eigenvalue weighted by atomic mass is 15.0. The minimum Gasteiger partial charge on any atom is -0.309 e. The van der Waals surface area contributed by atoms with Gasteiger partial charge in [-0.15, -0.1) is 0 Å². The third kappa shape index (κ3) is 5.90. The van der Waals surface area contributed by atoms with Crippen molar-refractivity contribution in [3.05, 3.63) is 306 Å². The lowest BCUT2D eigenvalue weighted by Crippen LogP contribution is -2.33. The Morgan fingerprint density at radius 2 is 0.783 bits per heavy atom. The monoisotopic (exact) mass is 875 g/mol. The molecule has 0 saturated carbocycles. The molecule has 1 nitrogen and oxygen atoms in total. The van der Waals surface area contributed by atoms with Crippen LogP contribution < -0.4 is 0 Å². The van der Waals surface area contributed by atoms with Gasteiger partial charge in [0.25, 0.3) is 0 Å². The average Bonchev–Trinajstić information content (AvgIpc) is 3.92. The lowest BCUT2D eigenvalue weighted by atomic mass is 9.65. The summed E-state index contributed by atoms with van der Waals surface area (Å²) in [5.41, 5.74) is 24.9. The van der Waals surface area contributed by atoms with Crippen LogP contribution in [-0.4, -0.2) is 4.57 Å². The van der Waals surface area contributed by atoms with Crippen LogP contribution in [0.2, 0.25) is 0 Å². The van der Waals surface area contributed by atoms with Gasteiger partial charge < -0.3 is 4.57 Å². The second-order valence-electron chi connectivity index (χ2n) is 18.7. The molecule has 0 bridgehead atoms. The molecule has 14 rings (SSSR count). The van der Waals surface area contributed by atoms with E-state index in [2.05, 4.69) is 271 Å². The van der Waals surface area contributed by atoms with Crippen molar-refractivity contribution < 1.29 is 0 Å². The average molecular weight is 876 g/mol. The molecule has 0 N–H and O–H groups in total. The maximum atomic E-state index is 2.54. The van der Waals surface area contributed by atoms with Gasteiger partial charge in [-0.2, -0.15) is 0 Å². The van der Waals surface area contributed by atoms with E-state index >= 15 is 0 Å². The van der Waals surface area contributed by atoms with E-state index in [1.807, 2.05) is 0 Å². The number of hydrogen-bond donors (Lipinski definition) is 0. The zero-order valence-corrected chi connectivity index (χ0v) is 37.9. The lowest BCUT2D eigenvalue weighted by molar-refractivity contribution is 0.748. The first-order valence-corrected chi connectivity index (χ1v) is 24.1. The number of para-hydroxylation sites is 2. The Morgan fingerprint density at radius 3 is 1.48 bits per heavy atom. The van der Waals surface area contributed by atoms with E-state index in [9.17, 15) is 0 Å². The standard InChI is InChI=1S/C68H45N/c1-4-19-45(20-5-1)50-39-41-56(58(43-50)48-23-8-3-9-24-48)66(55-28-11-10-25-52(55)47-21-6-2-7-22-47)49-37-35-46(36-38-49)51-40-42-64-59(44-51)57-29-18-33-63-67(57)69(64)65-34-17-16-32-62(65)68(63)60-30-14-12-26-53(60)54-27-13-15-31-61(54)68/h1-44,66H. The van der Waals surface area contributed by atoms with E-state index in [1.54, 1.807) is 0 Å². The second kappa shape index (κ2) is 15.7. The van der Waals surface area contributed by atoms with Gasteiger partial charge in [-0.25, -0.2) is 0 Å². The summed E-state index contributed by atoms with van der Waals surface area (Å²) in [6, 6.07) is 99.3. The molecule has 12 aromatic rings. The number of fused-ring (bicyclic) bond motifs is 12. The smallest absolute Gasteiger partial charge is 0.0754 e. The zero-order valence-electron chi connectivity index (χ0n) is 37.9. The molecule has 0 saturated heterocycles.